The number of rotatable bonds is 7. The molecule has 1 atom stereocenters. The molecule has 0 N–H and O–H groups in total. The fraction of sp³-hybridized carbons (Fsp3) is 0.500. The third-order valence-corrected chi connectivity index (χ3v) is 3.50. The highest BCUT2D eigenvalue weighted by Gasteiger charge is 2.14. The average Bonchev–Trinajstić information content (AvgIpc) is 2.26. The van der Waals surface area contributed by atoms with Gasteiger partial charge in [-0.2, -0.15) is 0 Å². The molecule has 1 aromatic rings. The smallest absolute Gasteiger partial charge is 0.232 e. The summed E-state index contributed by atoms with van der Waals surface area (Å²) in [6.45, 7) is 4.48. The molecule has 4 nitrogen and oxygen atoms in total. The second kappa shape index (κ2) is 6.85. The topological polar surface area (TPSA) is 52.6 Å². The number of hydrogen-bond donors (Lipinski definition) is 0. The SMILES string of the molecule is CCOc1ccccc1OCC(C)CS(=O)(=O)Cl. The summed E-state index contributed by atoms with van der Waals surface area (Å²) < 4.78 is 32.8. The van der Waals surface area contributed by atoms with Crippen LogP contribution in [0, 0.1) is 5.92 Å². The van der Waals surface area contributed by atoms with Gasteiger partial charge in [-0.15, -0.1) is 0 Å². The molecule has 0 fully saturated rings. The molecule has 0 saturated carbocycles. The first-order valence-electron chi connectivity index (χ1n) is 5.69. The molecule has 18 heavy (non-hydrogen) atoms. The summed E-state index contributed by atoms with van der Waals surface area (Å²) in [5, 5.41) is 0. The predicted molar refractivity (Wildman–Crippen MR) is 71.9 cm³/mol. The van der Waals surface area contributed by atoms with Crippen LogP contribution in [0.2, 0.25) is 0 Å². The Labute approximate surface area is 112 Å². The van der Waals surface area contributed by atoms with Gasteiger partial charge in [0, 0.05) is 16.6 Å². The molecule has 0 aromatic heterocycles. The van der Waals surface area contributed by atoms with Gasteiger partial charge in [0.05, 0.1) is 19.0 Å². The summed E-state index contributed by atoms with van der Waals surface area (Å²) in [6, 6.07) is 7.28. The largest absolute Gasteiger partial charge is 0.490 e. The molecule has 0 saturated heterocycles. The Balaban J connectivity index is 2.58. The van der Waals surface area contributed by atoms with Crippen molar-refractivity contribution in [1.29, 1.82) is 0 Å². The third kappa shape index (κ3) is 5.60. The number of ether oxygens (including phenoxy) is 2. The number of hydrogen-bond acceptors (Lipinski definition) is 4. The van der Waals surface area contributed by atoms with E-state index < -0.39 is 9.05 Å². The monoisotopic (exact) mass is 292 g/mol. The highest BCUT2D eigenvalue weighted by Crippen LogP contribution is 2.26. The average molecular weight is 293 g/mol. The molecule has 0 aliphatic heterocycles. The van der Waals surface area contributed by atoms with Crippen molar-refractivity contribution in [2.45, 2.75) is 13.8 Å². The van der Waals surface area contributed by atoms with Crippen LogP contribution in [-0.4, -0.2) is 27.4 Å². The van der Waals surface area contributed by atoms with E-state index in [1.807, 2.05) is 25.1 Å². The summed E-state index contributed by atoms with van der Waals surface area (Å²) in [5.74, 6) is 0.979. The van der Waals surface area contributed by atoms with Gasteiger partial charge in [0.1, 0.15) is 0 Å². The van der Waals surface area contributed by atoms with Crippen LogP contribution in [0.15, 0.2) is 24.3 Å². The first-order valence-corrected chi connectivity index (χ1v) is 8.17. The van der Waals surface area contributed by atoms with Crippen molar-refractivity contribution in [3.05, 3.63) is 24.3 Å². The molecule has 1 unspecified atom stereocenters. The van der Waals surface area contributed by atoms with E-state index >= 15 is 0 Å². The second-order valence-corrected chi connectivity index (χ2v) is 6.82. The van der Waals surface area contributed by atoms with Crippen molar-refractivity contribution in [3.8, 4) is 11.5 Å². The van der Waals surface area contributed by atoms with Crippen molar-refractivity contribution < 1.29 is 17.9 Å². The van der Waals surface area contributed by atoms with Gasteiger partial charge in [-0.3, -0.25) is 0 Å². The maximum atomic E-state index is 10.9. The van der Waals surface area contributed by atoms with Crippen molar-refractivity contribution in [2.75, 3.05) is 19.0 Å². The number of benzene rings is 1. The van der Waals surface area contributed by atoms with Gasteiger partial charge < -0.3 is 9.47 Å². The Hall–Kier alpha value is -0.940. The van der Waals surface area contributed by atoms with Gasteiger partial charge in [-0.05, 0) is 19.1 Å². The zero-order valence-electron chi connectivity index (χ0n) is 10.4. The van der Waals surface area contributed by atoms with Crippen LogP contribution >= 0.6 is 10.7 Å². The minimum absolute atomic E-state index is 0.106. The molecular formula is C12H17ClO4S. The predicted octanol–water partition coefficient (Wildman–Crippen LogP) is 2.67. The Morgan fingerprint density at radius 1 is 1.22 bits per heavy atom. The Morgan fingerprint density at radius 2 is 1.78 bits per heavy atom. The Bertz CT molecular complexity index is 473. The van der Waals surface area contributed by atoms with Crippen molar-refractivity contribution in [2.24, 2.45) is 5.92 Å². The van der Waals surface area contributed by atoms with E-state index in [1.54, 1.807) is 13.0 Å². The second-order valence-electron chi connectivity index (χ2n) is 4.00. The van der Waals surface area contributed by atoms with Crippen molar-refractivity contribution in [3.63, 3.8) is 0 Å². The molecule has 0 aliphatic carbocycles. The Kier molecular flexibility index (Phi) is 5.75. The van der Waals surface area contributed by atoms with Crippen LogP contribution < -0.4 is 9.47 Å². The van der Waals surface area contributed by atoms with E-state index in [9.17, 15) is 8.42 Å². The molecule has 0 bridgehead atoms. The molecule has 0 amide bonds. The summed E-state index contributed by atoms with van der Waals surface area (Å²) in [4.78, 5) is 0. The number of halogens is 1. The van der Waals surface area contributed by atoms with Gasteiger partial charge in [0.2, 0.25) is 9.05 Å². The van der Waals surface area contributed by atoms with Crippen LogP contribution in [-0.2, 0) is 9.05 Å². The van der Waals surface area contributed by atoms with E-state index in [1.165, 1.54) is 0 Å². The third-order valence-electron chi connectivity index (χ3n) is 2.16. The zero-order valence-corrected chi connectivity index (χ0v) is 12.0. The highest BCUT2D eigenvalue weighted by atomic mass is 35.7. The first kappa shape index (κ1) is 15.1. The lowest BCUT2D eigenvalue weighted by atomic mass is 10.2. The minimum atomic E-state index is -3.49. The van der Waals surface area contributed by atoms with Crippen LogP contribution in [0.1, 0.15) is 13.8 Å². The van der Waals surface area contributed by atoms with E-state index in [0.29, 0.717) is 18.1 Å². The minimum Gasteiger partial charge on any atom is -0.490 e. The molecule has 0 spiro atoms. The van der Waals surface area contributed by atoms with Crippen LogP contribution in [0.4, 0.5) is 0 Å². The maximum absolute atomic E-state index is 10.9. The molecule has 6 heteroatoms. The lowest BCUT2D eigenvalue weighted by molar-refractivity contribution is 0.249. The number of para-hydroxylation sites is 2. The standard InChI is InChI=1S/C12H17ClO4S/c1-3-16-11-6-4-5-7-12(11)17-8-10(2)9-18(13,14)15/h4-7,10H,3,8-9H2,1-2H3. The summed E-state index contributed by atoms with van der Waals surface area (Å²) >= 11 is 0. The molecular weight excluding hydrogens is 276 g/mol. The lowest BCUT2D eigenvalue weighted by Crippen LogP contribution is -2.16. The van der Waals surface area contributed by atoms with Gasteiger partial charge in [-0.1, -0.05) is 19.1 Å². The molecule has 0 heterocycles. The van der Waals surface area contributed by atoms with Crippen molar-refractivity contribution >= 4 is 19.7 Å². The van der Waals surface area contributed by atoms with Crippen molar-refractivity contribution in [1.82, 2.24) is 0 Å². The molecule has 102 valence electrons. The fourth-order valence-corrected chi connectivity index (χ4v) is 2.89. The molecule has 0 radical (unpaired) electrons. The van der Waals surface area contributed by atoms with Crippen LogP contribution in [0.3, 0.4) is 0 Å². The van der Waals surface area contributed by atoms with Gasteiger partial charge in [0.15, 0.2) is 11.5 Å². The van der Waals surface area contributed by atoms with E-state index in [4.69, 9.17) is 20.2 Å². The first-order chi connectivity index (χ1) is 8.42. The van der Waals surface area contributed by atoms with Gasteiger partial charge >= 0.3 is 0 Å². The summed E-state index contributed by atoms with van der Waals surface area (Å²) in [6.07, 6.45) is 0. The van der Waals surface area contributed by atoms with E-state index in [-0.39, 0.29) is 18.3 Å². The van der Waals surface area contributed by atoms with E-state index in [0.717, 1.165) is 0 Å². The van der Waals surface area contributed by atoms with Crippen LogP contribution in [0.25, 0.3) is 0 Å². The summed E-state index contributed by atoms with van der Waals surface area (Å²) in [7, 11) is 1.70. The van der Waals surface area contributed by atoms with E-state index in [2.05, 4.69) is 0 Å². The molecule has 1 rings (SSSR count). The molecule has 1 aromatic carbocycles. The normalized spacial score (nSPS) is 13.1. The zero-order chi connectivity index (χ0) is 13.6. The van der Waals surface area contributed by atoms with Crippen LogP contribution in [0.5, 0.6) is 11.5 Å². The van der Waals surface area contributed by atoms with Gasteiger partial charge in [0.25, 0.3) is 0 Å². The maximum Gasteiger partial charge on any atom is 0.232 e. The summed E-state index contributed by atoms with van der Waals surface area (Å²) in [5.41, 5.74) is 0. The lowest BCUT2D eigenvalue weighted by Gasteiger charge is -2.14. The highest BCUT2D eigenvalue weighted by molar-refractivity contribution is 8.13. The quantitative estimate of drug-likeness (QED) is 0.725. The fourth-order valence-electron chi connectivity index (χ4n) is 1.46. The Morgan fingerprint density at radius 3 is 2.28 bits per heavy atom. The molecule has 0 aliphatic rings. The van der Waals surface area contributed by atoms with Gasteiger partial charge in [-0.25, -0.2) is 8.42 Å².